The zero-order chi connectivity index (χ0) is 12.1. The van der Waals surface area contributed by atoms with E-state index >= 15 is 0 Å². The van der Waals surface area contributed by atoms with Crippen LogP contribution in [0.5, 0.6) is 0 Å². The van der Waals surface area contributed by atoms with Crippen LogP contribution in [0.15, 0.2) is 24.3 Å². The molecular weight excluding hydrogens is 208 g/mol. The molecule has 0 spiro atoms. The number of nitrogens with zero attached hydrogens (tertiary/aromatic N) is 2. The molecule has 0 amide bonds. The predicted molar refractivity (Wildman–Crippen MR) is 69.5 cm³/mol. The predicted octanol–water partition coefficient (Wildman–Crippen LogP) is 3.26. The van der Waals surface area contributed by atoms with Gasteiger partial charge < -0.3 is 0 Å². The summed E-state index contributed by atoms with van der Waals surface area (Å²) in [6.07, 6.45) is 5.15. The first kappa shape index (κ1) is 12.1. The van der Waals surface area contributed by atoms with E-state index in [1.165, 1.54) is 36.8 Å². The molecule has 1 aromatic rings. The van der Waals surface area contributed by atoms with Crippen LogP contribution in [0, 0.1) is 18.3 Å². The van der Waals surface area contributed by atoms with Crippen molar-refractivity contribution in [1.29, 1.82) is 5.26 Å². The molecule has 0 bridgehead atoms. The van der Waals surface area contributed by atoms with Crippen molar-refractivity contribution in [2.24, 2.45) is 0 Å². The first-order valence-electron chi connectivity index (χ1n) is 6.46. The molecule has 0 aliphatic heterocycles. The molecule has 1 fully saturated rings. The smallest absolute Gasteiger partial charge is 0.0871 e. The van der Waals surface area contributed by atoms with Crippen LogP contribution in [-0.4, -0.2) is 17.5 Å². The summed E-state index contributed by atoms with van der Waals surface area (Å²) in [7, 11) is 0. The van der Waals surface area contributed by atoms with Gasteiger partial charge in [0.05, 0.1) is 12.6 Å². The standard InChI is InChI=1S/C15H20N2/c1-13-5-4-6-14(11-13)12-17(10-9-16)15-7-2-3-8-15/h4-6,11,15H,2-3,7-8,10,12H2,1H3. The summed E-state index contributed by atoms with van der Waals surface area (Å²) in [5.74, 6) is 0. The number of nitriles is 1. The lowest BCUT2D eigenvalue weighted by molar-refractivity contribution is 0.214. The fourth-order valence-electron chi connectivity index (χ4n) is 2.72. The lowest BCUT2D eigenvalue weighted by atomic mass is 10.1. The first-order valence-corrected chi connectivity index (χ1v) is 6.46. The molecule has 1 aliphatic rings. The Morgan fingerprint density at radius 2 is 2.12 bits per heavy atom. The Labute approximate surface area is 104 Å². The highest BCUT2D eigenvalue weighted by Crippen LogP contribution is 2.24. The fraction of sp³-hybridized carbons (Fsp3) is 0.533. The van der Waals surface area contributed by atoms with Crippen LogP contribution in [0.3, 0.4) is 0 Å². The Bertz CT molecular complexity index is 400. The zero-order valence-electron chi connectivity index (χ0n) is 10.5. The highest BCUT2D eigenvalue weighted by molar-refractivity contribution is 5.22. The third-order valence-electron chi connectivity index (χ3n) is 3.58. The van der Waals surface area contributed by atoms with Gasteiger partial charge >= 0.3 is 0 Å². The molecule has 0 saturated heterocycles. The molecule has 2 heteroatoms. The topological polar surface area (TPSA) is 27.0 Å². The zero-order valence-corrected chi connectivity index (χ0v) is 10.5. The van der Waals surface area contributed by atoms with E-state index in [9.17, 15) is 0 Å². The van der Waals surface area contributed by atoms with E-state index in [2.05, 4.69) is 42.2 Å². The van der Waals surface area contributed by atoms with Crippen LogP contribution >= 0.6 is 0 Å². The van der Waals surface area contributed by atoms with Gasteiger partial charge in [0, 0.05) is 12.6 Å². The van der Waals surface area contributed by atoms with Gasteiger partial charge in [-0.1, -0.05) is 42.7 Å². The number of hydrogen-bond donors (Lipinski definition) is 0. The normalized spacial score (nSPS) is 16.3. The number of aryl methyl sites for hydroxylation is 1. The number of rotatable bonds is 4. The minimum absolute atomic E-state index is 0.554. The Kier molecular flexibility index (Phi) is 4.17. The first-order chi connectivity index (χ1) is 8.29. The summed E-state index contributed by atoms with van der Waals surface area (Å²) < 4.78 is 0. The van der Waals surface area contributed by atoms with E-state index in [0.717, 1.165) is 6.54 Å². The Morgan fingerprint density at radius 3 is 2.76 bits per heavy atom. The van der Waals surface area contributed by atoms with Gasteiger partial charge in [0.1, 0.15) is 0 Å². The van der Waals surface area contributed by atoms with Gasteiger partial charge in [-0.25, -0.2) is 0 Å². The molecule has 0 heterocycles. The van der Waals surface area contributed by atoms with E-state index in [1.54, 1.807) is 0 Å². The maximum atomic E-state index is 8.94. The van der Waals surface area contributed by atoms with Gasteiger partial charge in [0.15, 0.2) is 0 Å². The van der Waals surface area contributed by atoms with Crippen LogP contribution in [0.25, 0.3) is 0 Å². The monoisotopic (exact) mass is 228 g/mol. The maximum absolute atomic E-state index is 8.94. The van der Waals surface area contributed by atoms with Crippen molar-refractivity contribution in [3.8, 4) is 6.07 Å². The molecule has 0 unspecified atom stereocenters. The lowest BCUT2D eigenvalue weighted by Gasteiger charge is -2.26. The number of benzene rings is 1. The summed E-state index contributed by atoms with van der Waals surface area (Å²) in [5.41, 5.74) is 2.62. The molecular formula is C15H20N2. The Balaban J connectivity index is 2.04. The van der Waals surface area contributed by atoms with E-state index in [-0.39, 0.29) is 0 Å². The summed E-state index contributed by atoms with van der Waals surface area (Å²) >= 11 is 0. The quantitative estimate of drug-likeness (QED) is 0.740. The van der Waals surface area contributed by atoms with Crippen LogP contribution < -0.4 is 0 Å². The van der Waals surface area contributed by atoms with E-state index < -0.39 is 0 Å². The summed E-state index contributed by atoms with van der Waals surface area (Å²) in [5, 5.41) is 8.94. The molecule has 1 aromatic carbocycles. The summed E-state index contributed by atoms with van der Waals surface area (Å²) in [6, 6.07) is 11.5. The van der Waals surface area contributed by atoms with E-state index in [1.807, 2.05) is 0 Å². The van der Waals surface area contributed by atoms with Crippen LogP contribution in [0.2, 0.25) is 0 Å². The molecule has 2 rings (SSSR count). The molecule has 0 N–H and O–H groups in total. The highest BCUT2D eigenvalue weighted by Gasteiger charge is 2.22. The molecule has 0 aromatic heterocycles. The van der Waals surface area contributed by atoms with Crippen molar-refractivity contribution in [2.75, 3.05) is 6.54 Å². The maximum Gasteiger partial charge on any atom is 0.0871 e. The van der Waals surface area contributed by atoms with Crippen molar-refractivity contribution in [2.45, 2.75) is 45.2 Å². The second-order valence-electron chi connectivity index (χ2n) is 4.99. The van der Waals surface area contributed by atoms with Crippen molar-refractivity contribution in [3.63, 3.8) is 0 Å². The molecule has 1 aliphatic carbocycles. The fourth-order valence-corrected chi connectivity index (χ4v) is 2.72. The molecule has 90 valence electrons. The number of hydrogen-bond acceptors (Lipinski definition) is 2. The summed E-state index contributed by atoms with van der Waals surface area (Å²) in [6.45, 7) is 3.59. The molecule has 0 radical (unpaired) electrons. The molecule has 1 saturated carbocycles. The molecule has 17 heavy (non-hydrogen) atoms. The molecule has 2 nitrogen and oxygen atoms in total. The van der Waals surface area contributed by atoms with Crippen LogP contribution in [-0.2, 0) is 6.54 Å². The molecule has 0 atom stereocenters. The minimum atomic E-state index is 0.554. The minimum Gasteiger partial charge on any atom is -0.283 e. The third-order valence-corrected chi connectivity index (χ3v) is 3.58. The third kappa shape index (κ3) is 3.31. The van der Waals surface area contributed by atoms with Gasteiger partial charge in [-0.2, -0.15) is 5.26 Å². The highest BCUT2D eigenvalue weighted by atomic mass is 15.2. The van der Waals surface area contributed by atoms with E-state index in [0.29, 0.717) is 12.6 Å². The lowest BCUT2D eigenvalue weighted by Crippen LogP contribution is -2.33. The van der Waals surface area contributed by atoms with Crippen molar-refractivity contribution >= 4 is 0 Å². The van der Waals surface area contributed by atoms with Crippen molar-refractivity contribution in [3.05, 3.63) is 35.4 Å². The van der Waals surface area contributed by atoms with Crippen LogP contribution in [0.1, 0.15) is 36.8 Å². The van der Waals surface area contributed by atoms with Crippen LogP contribution in [0.4, 0.5) is 0 Å². The Morgan fingerprint density at radius 1 is 1.35 bits per heavy atom. The average Bonchev–Trinajstić information content (AvgIpc) is 2.82. The van der Waals surface area contributed by atoms with Gasteiger partial charge in [-0.15, -0.1) is 0 Å². The Hall–Kier alpha value is -1.33. The second kappa shape index (κ2) is 5.84. The SMILES string of the molecule is Cc1cccc(CN(CC#N)C2CCCC2)c1. The largest absolute Gasteiger partial charge is 0.283 e. The van der Waals surface area contributed by atoms with Gasteiger partial charge in [-0.3, -0.25) is 4.90 Å². The van der Waals surface area contributed by atoms with Gasteiger partial charge in [0.25, 0.3) is 0 Å². The van der Waals surface area contributed by atoms with E-state index in [4.69, 9.17) is 5.26 Å². The summed E-state index contributed by atoms with van der Waals surface area (Å²) in [4.78, 5) is 2.34. The van der Waals surface area contributed by atoms with Crippen molar-refractivity contribution < 1.29 is 0 Å². The second-order valence-corrected chi connectivity index (χ2v) is 4.99. The van der Waals surface area contributed by atoms with Gasteiger partial charge in [0.2, 0.25) is 0 Å². The van der Waals surface area contributed by atoms with Crippen molar-refractivity contribution in [1.82, 2.24) is 4.90 Å². The average molecular weight is 228 g/mol. The van der Waals surface area contributed by atoms with Gasteiger partial charge in [-0.05, 0) is 25.3 Å².